The highest BCUT2D eigenvalue weighted by molar-refractivity contribution is 5.95. The van der Waals surface area contributed by atoms with Gasteiger partial charge in [0.2, 0.25) is 6.79 Å². The van der Waals surface area contributed by atoms with E-state index in [-0.39, 0.29) is 18.7 Å². The number of carbonyl (C=O) groups is 1. The summed E-state index contributed by atoms with van der Waals surface area (Å²) in [5.74, 6) is 1.29. The van der Waals surface area contributed by atoms with Gasteiger partial charge in [0.1, 0.15) is 0 Å². The Morgan fingerprint density at radius 3 is 2.77 bits per heavy atom. The van der Waals surface area contributed by atoms with Crippen LogP contribution >= 0.6 is 0 Å². The third-order valence-electron chi connectivity index (χ3n) is 5.88. The topological polar surface area (TPSA) is 75.0 Å². The Balaban J connectivity index is 1.40. The van der Waals surface area contributed by atoms with E-state index in [1.807, 2.05) is 23.1 Å². The van der Waals surface area contributed by atoms with Gasteiger partial charge in [0.15, 0.2) is 11.5 Å². The number of amides is 1. The summed E-state index contributed by atoms with van der Waals surface area (Å²) in [5.41, 5.74) is 2.44. The Hall–Kier alpha value is -3.08. The Bertz CT molecular complexity index is 964. The largest absolute Gasteiger partial charge is 0.454 e. The van der Waals surface area contributed by atoms with Crippen molar-refractivity contribution in [2.24, 2.45) is 0 Å². The fraction of sp³-hybridized carbons (Fsp3) is 0.417. The zero-order valence-electron chi connectivity index (χ0n) is 17.8. The van der Waals surface area contributed by atoms with Gasteiger partial charge in [-0.05, 0) is 48.7 Å². The summed E-state index contributed by atoms with van der Waals surface area (Å²) < 4.78 is 16.1. The lowest BCUT2D eigenvalue weighted by atomic mass is 10.0. The molecule has 7 heteroatoms. The van der Waals surface area contributed by atoms with Gasteiger partial charge in [-0.2, -0.15) is 5.26 Å². The minimum absolute atomic E-state index is 0.00415. The molecule has 0 aromatic heterocycles. The summed E-state index contributed by atoms with van der Waals surface area (Å²) in [4.78, 5) is 17.6. The van der Waals surface area contributed by atoms with Crippen LogP contribution in [-0.4, -0.2) is 61.9 Å². The van der Waals surface area contributed by atoms with E-state index in [2.05, 4.69) is 17.0 Å². The SMILES string of the molecule is COCCN(C(=O)c1ccc2c(c1)OCO2)C1CCN(Cc2cccc(C#N)c2)CC1. The summed E-state index contributed by atoms with van der Waals surface area (Å²) in [7, 11) is 1.65. The smallest absolute Gasteiger partial charge is 0.254 e. The van der Waals surface area contributed by atoms with E-state index in [0.717, 1.165) is 38.0 Å². The fourth-order valence-electron chi connectivity index (χ4n) is 4.22. The molecule has 0 atom stereocenters. The second-order valence-electron chi connectivity index (χ2n) is 7.88. The van der Waals surface area contributed by atoms with E-state index in [1.165, 1.54) is 0 Å². The van der Waals surface area contributed by atoms with Gasteiger partial charge in [0.25, 0.3) is 5.91 Å². The monoisotopic (exact) mass is 421 g/mol. The standard InChI is InChI=1S/C24H27N3O4/c1-29-12-11-27(24(28)20-5-6-22-23(14-20)31-17-30-22)21-7-9-26(10-8-21)16-19-4-2-3-18(13-19)15-25/h2-6,13-14,21H,7-12,16-17H2,1H3. The van der Waals surface area contributed by atoms with E-state index < -0.39 is 0 Å². The quantitative estimate of drug-likeness (QED) is 0.684. The van der Waals surface area contributed by atoms with Gasteiger partial charge >= 0.3 is 0 Å². The zero-order chi connectivity index (χ0) is 21.6. The van der Waals surface area contributed by atoms with Gasteiger partial charge in [0.05, 0.1) is 18.2 Å². The van der Waals surface area contributed by atoms with Gasteiger partial charge in [0, 0.05) is 44.9 Å². The number of hydrogen-bond acceptors (Lipinski definition) is 6. The lowest BCUT2D eigenvalue weighted by Gasteiger charge is -2.38. The minimum Gasteiger partial charge on any atom is -0.454 e. The van der Waals surface area contributed by atoms with E-state index >= 15 is 0 Å². The molecule has 2 aliphatic heterocycles. The number of ether oxygens (including phenoxy) is 3. The molecular formula is C24H27N3O4. The molecule has 1 saturated heterocycles. The number of methoxy groups -OCH3 is 1. The fourth-order valence-corrected chi connectivity index (χ4v) is 4.22. The molecule has 2 aliphatic rings. The first-order chi connectivity index (χ1) is 15.2. The van der Waals surface area contributed by atoms with Gasteiger partial charge in [-0.1, -0.05) is 12.1 Å². The maximum absolute atomic E-state index is 13.3. The van der Waals surface area contributed by atoms with Gasteiger partial charge in [-0.15, -0.1) is 0 Å². The van der Waals surface area contributed by atoms with Crippen LogP contribution in [0.4, 0.5) is 0 Å². The number of piperidine rings is 1. The lowest BCUT2D eigenvalue weighted by Crippen LogP contribution is -2.48. The van der Waals surface area contributed by atoms with Crippen LogP contribution in [0.25, 0.3) is 0 Å². The first-order valence-electron chi connectivity index (χ1n) is 10.6. The number of carbonyl (C=O) groups excluding carboxylic acids is 1. The van der Waals surface area contributed by atoms with Crippen molar-refractivity contribution in [1.29, 1.82) is 5.26 Å². The number of nitriles is 1. The van der Waals surface area contributed by atoms with Crippen molar-refractivity contribution in [2.45, 2.75) is 25.4 Å². The third-order valence-corrected chi connectivity index (χ3v) is 5.88. The van der Waals surface area contributed by atoms with Crippen LogP contribution in [0.15, 0.2) is 42.5 Å². The van der Waals surface area contributed by atoms with Crippen LogP contribution in [0.3, 0.4) is 0 Å². The summed E-state index contributed by atoms with van der Waals surface area (Å²) in [6.45, 7) is 3.86. The molecule has 4 rings (SSSR count). The van der Waals surface area contributed by atoms with Crippen molar-refractivity contribution < 1.29 is 19.0 Å². The highest BCUT2D eigenvalue weighted by Crippen LogP contribution is 2.33. The second-order valence-corrected chi connectivity index (χ2v) is 7.88. The first-order valence-corrected chi connectivity index (χ1v) is 10.6. The van der Waals surface area contributed by atoms with Crippen LogP contribution < -0.4 is 9.47 Å². The predicted octanol–water partition coefficient (Wildman–Crippen LogP) is 3.04. The van der Waals surface area contributed by atoms with Crippen LogP contribution in [0.2, 0.25) is 0 Å². The van der Waals surface area contributed by atoms with Gasteiger partial charge in [-0.3, -0.25) is 9.69 Å². The molecule has 2 heterocycles. The predicted molar refractivity (Wildman–Crippen MR) is 115 cm³/mol. The normalized spacial score (nSPS) is 16.1. The van der Waals surface area contributed by atoms with Crippen molar-refractivity contribution in [2.75, 3.05) is 40.1 Å². The van der Waals surface area contributed by atoms with Crippen molar-refractivity contribution in [1.82, 2.24) is 9.80 Å². The molecule has 162 valence electrons. The van der Waals surface area contributed by atoms with Crippen LogP contribution in [0.5, 0.6) is 11.5 Å². The van der Waals surface area contributed by atoms with E-state index in [4.69, 9.17) is 19.5 Å². The number of rotatable bonds is 7. The molecule has 7 nitrogen and oxygen atoms in total. The van der Waals surface area contributed by atoms with Crippen molar-refractivity contribution in [3.8, 4) is 17.6 Å². The maximum Gasteiger partial charge on any atom is 0.254 e. The molecule has 0 spiro atoms. The summed E-state index contributed by atoms with van der Waals surface area (Å²) in [6.07, 6.45) is 1.80. The minimum atomic E-state index is -0.00415. The molecule has 0 N–H and O–H groups in total. The van der Waals surface area contributed by atoms with Crippen LogP contribution in [0, 0.1) is 11.3 Å². The highest BCUT2D eigenvalue weighted by Gasteiger charge is 2.29. The molecule has 2 aromatic carbocycles. The van der Waals surface area contributed by atoms with Gasteiger partial charge in [-0.25, -0.2) is 0 Å². The Kier molecular flexibility index (Phi) is 6.70. The Labute approximate surface area is 182 Å². The molecule has 0 radical (unpaired) electrons. The maximum atomic E-state index is 13.3. The molecule has 1 fully saturated rings. The van der Waals surface area contributed by atoms with Gasteiger partial charge < -0.3 is 19.1 Å². The molecule has 2 aromatic rings. The van der Waals surface area contributed by atoms with Crippen LogP contribution in [0.1, 0.15) is 34.3 Å². The molecule has 0 aliphatic carbocycles. The van der Waals surface area contributed by atoms with E-state index in [0.29, 0.717) is 35.8 Å². The first kappa shape index (κ1) is 21.2. The zero-order valence-corrected chi connectivity index (χ0v) is 17.8. The van der Waals surface area contributed by atoms with E-state index in [9.17, 15) is 4.79 Å². The molecule has 0 unspecified atom stereocenters. The Morgan fingerprint density at radius 2 is 2.00 bits per heavy atom. The molecule has 31 heavy (non-hydrogen) atoms. The number of likely N-dealkylation sites (tertiary alicyclic amines) is 1. The number of nitrogens with zero attached hydrogens (tertiary/aromatic N) is 3. The number of fused-ring (bicyclic) bond motifs is 1. The number of hydrogen-bond donors (Lipinski definition) is 0. The van der Waals surface area contributed by atoms with E-state index in [1.54, 1.807) is 25.3 Å². The van der Waals surface area contributed by atoms with Crippen molar-refractivity contribution in [3.05, 3.63) is 59.2 Å². The highest BCUT2D eigenvalue weighted by atomic mass is 16.7. The van der Waals surface area contributed by atoms with Crippen LogP contribution in [-0.2, 0) is 11.3 Å². The lowest BCUT2D eigenvalue weighted by molar-refractivity contribution is 0.0478. The molecule has 0 saturated carbocycles. The molecular weight excluding hydrogens is 394 g/mol. The average Bonchev–Trinajstić information content (AvgIpc) is 3.28. The number of benzene rings is 2. The van der Waals surface area contributed by atoms with Crippen molar-refractivity contribution in [3.63, 3.8) is 0 Å². The second kappa shape index (κ2) is 9.82. The summed E-state index contributed by atoms with van der Waals surface area (Å²) >= 11 is 0. The van der Waals surface area contributed by atoms with Crippen molar-refractivity contribution >= 4 is 5.91 Å². The molecule has 1 amide bonds. The average molecular weight is 421 g/mol. The third kappa shape index (κ3) is 4.98. The molecule has 0 bridgehead atoms. The summed E-state index contributed by atoms with van der Waals surface area (Å²) in [6, 6.07) is 15.5. The Morgan fingerprint density at radius 1 is 1.19 bits per heavy atom. The summed E-state index contributed by atoms with van der Waals surface area (Å²) in [5, 5.41) is 9.11.